The maximum Gasteiger partial charge on any atom is 0.317 e. The number of morpholine rings is 1. The zero-order valence-electron chi connectivity index (χ0n) is 11.3. The Labute approximate surface area is 136 Å². The van der Waals surface area contributed by atoms with E-state index in [2.05, 4.69) is 5.32 Å². The Hall–Kier alpha value is -1.08. The fraction of sp³-hybridized carbons (Fsp3) is 0.357. The standard InChI is InChI=1S/C14H15ClN2O2S2/c15-13-4-3-10(21-13)8-16-14(18)17-5-6-19-11(9-17)12-2-1-7-20-12/h1-4,7,11H,5-6,8-9H2,(H,16,18)/t11-/m1/s1. The van der Waals surface area contributed by atoms with Crippen molar-refractivity contribution in [2.24, 2.45) is 0 Å². The first-order valence-electron chi connectivity index (χ1n) is 6.64. The summed E-state index contributed by atoms with van der Waals surface area (Å²) in [6.07, 6.45) is -0.0133. The molecular weight excluding hydrogens is 328 g/mol. The Morgan fingerprint density at radius 3 is 3.10 bits per heavy atom. The second-order valence-corrected chi connectivity index (χ2v) is 7.46. The molecule has 112 valence electrons. The van der Waals surface area contributed by atoms with Gasteiger partial charge >= 0.3 is 6.03 Å². The number of thiophene rings is 2. The molecular formula is C14H15ClN2O2S2. The molecule has 3 heterocycles. The number of halogens is 1. The van der Waals surface area contributed by atoms with Crippen molar-refractivity contribution in [3.05, 3.63) is 43.7 Å². The summed E-state index contributed by atoms with van der Waals surface area (Å²) in [5.41, 5.74) is 0. The average molecular weight is 343 g/mol. The summed E-state index contributed by atoms with van der Waals surface area (Å²) in [7, 11) is 0. The first-order chi connectivity index (χ1) is 10.2. The van der Waals surface area contributed by atoms with Crippen LogP contribution >= 0.6 is 34.3 Å². The monoisotopic (exact) mass is 342 g/mol. The molecule has 7 heteroatoms. The van der Waals surface area contributed by atoms with E-state index in [0.29, 0.717) is 26.2 Å². The van der Waals surface area contributed by atoms with E-state index in [1.807, 2.05) is 34.5 Å². The average Bonchev–Trinajstić information content (AvgIpc) is 3.16. The Bertz CT molecular complexity index is 600. The Morgan fingerprint density at radius 1 is 1.48 bits per heavy atom. The van der Waals surface area contributed by atoms with Crippen LogP contribution in [0.25, 0.3) is 0 Å². The van der Waals surface area contributed by atoms with E-state index in [0.717, 1.165) is 14.1 Å². The number of ether oxygens (including phenoxy) is 1. The van der Waals surface area contributed by atoms with Crippen LogP contribution in [0.2, 0.25) is 4.34 Å². The van der Waals surface area contributed by atoms with Gasteiger partial charge in [0.05, 0.1) is 24.0 Å². The molecule has 3 rings (SSSR count). The molecule has 0 saturated carbocycles. The minimum Gasteiger partial charge on any atom is -0.369 e. The number of nitrogens with one attached hydrogen (secondary N) is 1. The molecule has 0 aliphatic carbocycles. The lowest BCUT2D eigenvalue weighted by atomic mass is 10.2. The van der Waals surface area contributed by atoms with Gasteiger partial charge in [0, 0.05) is 16.3 Å². The SMILES string of the molecule is O=C(NCc1ccc(Cl)s1)N1CCO[C@@H](c2cccs2)C1. The van der Waals surface area contributed by atoms with Crippen LogP contribution in [-0.2, 0) is 11.3 Å². The molecule has 1 saturated heterocycles. The van der Waals surface area contributed by atoms with E-state index in [4.69, 9.17) is 16.3 Å². The van der Waals surface area contributed by atoms with Crippen molar-refractivity contribution in [2.75, 3.05) is 19.7 Å². The summed E-state index contributed by atoms with van der Waals surface area (Å²) >= 11 is 9.02. The highest BCUT2D eigenvalue weighted by molar-refractivity contribution is 7.16. The summed E-state index contributed by atoms with van der Waals surface area (Å²) < 4.78 is 6.48. The molecule has 1 N–H and O–H groups in total. The maximum absolute atomic E-state index is 12.2. The number of carbonyl (C=O) groups excluding carboxylic acids is 1. The van der Waals surface area contributed by atoms with Gasteiger partial charge in [-0.3, -0.25) is 0 Å². The third kappa shape index (κ3) is 3.77. The normalized spacial score (nSPS) is 18.7. The molecule has 1 aliphatic heterocycles. The minimum atomic E-state index is -0.0515. The van der Waals surface area contributed by atoms with Gasteiger partial charge in [0.1, 0.15) is 6.10 Å². The fourth-order valence-electron chi connectivity index (χ4n) is 2.20. The van der Waals surface area contributed by atoms with Gasteiger partial charge in [-0.25, -0.2) is 4.79 Å². The predicted octanol–water partition coefficient (Wildman–Crippen LogP) is 3.75. The zero-order valence-corrected chi connectivity index (χ0v) is 13.6. The van der Waals surface area contributed by atoms with E-state index in [1.54, 1.807) is 11.3 Å². The number of amides is 2. The van der Waals surface area contributed by atoms with Crippen LogP contribution in [0.5, 0.6) is 0 Å². The summed E-state index contributed by atoms with van der Waals surface area (Å²) in [6.45, 7) is 2.30. The highest BCUT2D eigenvalue weighted by atomic mass is 35.5. The lowest BCUT2D eigenvalue weighted by molar-refractivity contribution is -0.0135. The molecule has 1 aliphatic rings. The molecule has 2 aromatic rings. The molecule has 1 atom stereocenters. The van der Waals surface area contributed by atoms with Crippen molar-refractivity contribution in [2.45, 2.75) is 12.6 Å². The predicted molar refractivity (Wildman–Crippen MR) is 86.1 cm³/mol. The van der Waals surface area contributed by atoms with Crippen molar-refractivity contribution >= 4 is 40.3 Å². The smallest absolute Gasteiger partial charge is 0.317 e. The minimum absolute atomic E-state index is 0.0133. The van der Waals surface area contributed by atoms with Gasteiger partial charge in [0.2, 0.25) is 0 Å². The third-order valence-electron chi connectivity index (χ3n) is 3.26. The molecule has 21 heavy (non-hydrogen) atoms. The molecule has 0 unspecified atom stereocenters. The molecule has 4 nitrogen and oxygen atoms in total. The molecule has 0 aromatic carbocycles. The van der Waals surface area contributed by atoms with Crippen molar-refractivity contribution < 1.29 is 9.53 Å². The molecule has 2 amide bonds. The van der Waals surface area contributed by atoms with Crippen LogP contribution in [-0.4, -0.2) is 30.6 Å². The zero-order chi connectivity index (χ0) is 14.7. The van der Waals surface area contributed by atoms with E-state index >= 15 is 0 Å². The van der Waals surface area contributed by atoms with Crippen LogP contribution in [0, 0.1) is 0 Å². The summed E-state index contributed by atoms with van der Waals surface area (Å²) in [5.74, 6) is 0. The summed E-state index contributed by atoms with van der Waals surface area (Å²) in [5, 5.41) is 4.96. The highest BCUT2D eigenvalue weighted by Crippen LogP contribution is 2.26. The van der Waals surface area contributed by atoms with Crippen LogP contribution in [0.15, 0.2) is 29.6 Å². The summed E-state index contributed by atoms with van der Waals surface area (Å²) in [4.78, 5) is 16.3. The Morgan fingerprint density at radius 2 is 2.38 bits per heavy atom. The van der Waals surface area contributed by atoms with Crippen LogP contribution in [0.1, 0.15) is 15.9 Å². The first kappa shape index (κ1) is 14.8. The lowest BCUT2D eigenvalue weighted by Gasteiger charge is -2.32. The number of nitrogens with zero attached hydrogens (tertiary/aromatic N) is 1. The van der Waals surface area contributed by atoms with Crippen molar-refractivity contribution in [3.63, 3.8) is 0 Å². The van der Waals surface area contributed by atoms with Gasteiger partial charge in [0.25, 0.3) is 0 Å². The maximum atomic E-state index is 12.2. The molecule has 1 fully saturated rings. The second kappa shape index (κ2) is 6.79. The van der Waals surface area contributed by atoms with E-state index < -0.39 is 0 Å². The van der Waals surface area contributed by atoms with E-state index in [-0.39, 0.29) is 12.1 Å². The molecule has 0 spiro atoms. The van der Waals surface area contributed by atoms with E-state index in [9.17, 15) is 4.79 Å². The molecule has 0 bridgehead atoms. The number of urea groups is 1. The van der Waals surface area contributed by atoms with Crippen LogP contribution in [0.4, 0.5) is 4.79 Å². The highest BCUT2D eigenvalue weighted by Gasteiger charge is 2.25. The van der Waals surface area contributed by atoms with Gasteiger partial charge < -0.3 is 15.0 Å². The number of rotatable bonds is 3. The Kier molecular flexibility index (Phi) is 4.80. The van der Waals surface area contributed by atoms with Crippen LogP contribution < -0.4 is 5.32 Å². The number of hydrogen-bond acceptors (Lipinski definition) is 4. The van der Waals surface area contributed by atoms with Gasteiger partial charge in [0.15, 0.2) is 0 Å². The number of carbonyl (C=O) groups is 1. The van der Waals surface area contributed by atoms with Gasteiger partial charge in [-0.05, 0) is 23.6 Å². The van der Waals surface area contributed by atoms with Crippen LogP contribution in [0.3, 0.4) is 0 Å². The fourth-order valence-corrected chi connectivity index (χ4v) is 3.99. The topological polar surface area (TPSA) is 41.6 Å². The summed E-state index contributed by atoms with van der Waals surface area (Å²) in [6, 6.07) is 7.77. The Balaban J connectivity index is 1.54. The van der Waals surface area contributed by atoms with Gasteiger partial charge in [-0.15, -0.1) is 22.7 Å². The van der Waals surface area contributed by atoms with E-state index in [1.165, 1.54) is 11.3 Å². The molecule has 2 aromatic heterocycles. The van der Waals surface area contributed by atoms with Crippen molar-refractivity contribution in [1.82, 2.24) is 10.2 Å². The quantitative estimate of drug-likeness (QED) is 0.923. The second-order valence-electron chi connectivity index (χ2n) is 4.69. The first-order valence-corrected chi connectivity index (χ1v) is 8.72. The lowest BCUT2D eigenvalue weighted by Crippen LogP contribution is -2.46. The van der Waals surface area contributed by atoms with Crippen molar-refractivity contribution in [3.8, 4) is 0 Å². The molecule has 0 radical (unpaired) electrons. The van der Waals surface area contributed by atoms with Crippen molar-refractivity contribution in [1.29, 1.82) is 0 Å². The van der Waals surface area contributed by atoms with Gasteiger partial charge in [-0.2, -0.15) is 0 Å². The third-order valence-corrected chi connectivity index (χ3v) is 5.45. The number of hydrogen-bond donors (Lipinski definition) is 1. The largest absolute Gasteiger partial charge is 0.369 e. The van der Waals surface area contributed by atoms with Gasteiger partial charge in [-0.1, -0.05) is 17.7 Å².